The van der Waals surface area contributed by atoms with Crippen molar-refractivity contribution >= 4 is 51.9 Å². The molecule has 1 N–H and O–H groups in total. The molecule has 0 saturated carbocycles. The Morgan fingerprint density at radius 3 is 2.58 bits per heavy atom. The standard InChI is InChI=1S/C17H11NO4S2/c19-13-6-4-10(5-7-13)8-14-15(20)18(17(23)24-14)12-3-1-2-11(9-12)16(21)22/h1-9,19H,(H,21,22)/p-1/b14-8+. The third kappa shape index (κ3) is 3.17. The number of hydrogen-bond acceptors (Lipinski definition) is 5. The predicted octanol–water partition coefficient (Wildman–Crippen LogP) is 2.86. The summed E-state index contributed by atoms with van der Waals surface area (Å²) in [5, 5.41) is 20.2. The summed E-state index contributed by atoms with van der Waals surface area (Å²) in [5.41, 5.74) is 1.21. The van der Waals surface area contributed by atoms with E-state index < -0.39 is 5.97 Å². The Morgan fingerprint density at radius 2 is 1.92 bits per heavy atom. The number of amides is 1. The third-order valence-electron chi connectivity index (χ3n) is 3.32. The van der Waals surface area contributed by atoms with E-state index in [1.807, 2.05) is 0 Å². The zero-order valence-electron chi connectivity index (χ0n) is 12.1. The van der Waals surface area contributed by atoms with E-state index in [-0.39, 0.29) is 17.2 Å². The van der Waals surface area contributed by atoms with Crippen LogP contribution in [0, 0.1) is 0 Å². The van der Waals surface area contributed by atoms with Gasteiger partial charge in [-0.05, 0) is 29.8 Å². The highest BCUT2D eigenvalue weighted by molar-refractivity contribution is 8.27. The number of benzene rings is 2. The molecule has 7 heteroatoms. The molecule has 0 aromatic heterocycles. The third-order valence-corrected chi connectivity index (χ3v) is 4.63. The highest BCUT2D eigenvalue weighted by Gasteiger charge is 2.33. The second-order valence-electron chi connectivity index (χ2n) is 4.94. The number of thioether (sulfide) groups is 1. The highest BCUT2D eigenvalue weighted by Crippen LogP contribution is 2.36. The second kappa shape index (κ2) is 6.46. The molecule has 120 valence electrons. The number of thiocarbonyl (C=S) groups is 1. The first kappa shape index (κ1) is 16.2. The number of anilines is 1. The lowest BCUT2D eigenvalue weighted by Gasteiger charge is -2.14. The van der Waals surface area contributed by atoms with Crippen molar-refractivity contribution in [2.75, 3.05) is 4.90 Å². The average molecular weight is 356 g/mol. The Bertz CT molecular complexity index is 874. The zero-order chi connectivity index (χ0) is 17.3. The lowest BCUT2D eigenvalue weighted by Crippen LogP contribution is -2.27. The van der Waals surface area contributed by atoms with Crippen LogP contribution < -0.4 is 10.0 Å². The summed E-state index contributed by atoms with van der Waals surface area (Å²) in [6.45, 7) is 0. The molecule has 1 heterocycles. The summed E-state index contributed by atoms with van der Waals surface area (Å²) in [6.07, 6.45) is 1.65. The Hall–Kier alpha value is -2.64. The minimum Gasteiger partial charge on any atom is -0.872 e. The fourth-order valence-corrected chi connectivity index (χ4v) is 3.48. The van der Waals surface area contributed by atoms with Gasteiger partial charge in [0, 0.05) is 0 Å². The van der Waals surface area contributed by atoms with Crippen molar-refractivity contribution in [1.82, 2.24) is 0 Å². The maximum Gasteiger partial charge on any atom is 0.335 e. The lowest BCUT2D eigenvalue weighted by atomic mass is 10.2. The van der Waals surface area contributed by atoms with Crippen LogP contribution in [0.2, 0.25) is 0 Å². The largest absolute Gasteiger partial charge is 0.872 e. The number of aromatic carboxylic acids is 1. The lowest BCUT2D eigenvalue weighted by molar-refractivity contribution is -0.268. The van der Waals surface area contributed by atoms with Crippen LogP contribution in [-0.2, 0) is 4.79 Å². The maximum atomic E-state index is 12.6. The quantitative estimate of drug-likeness (QED) is 0.673. The van der Waals surface area contributed by atoms with Crippen molar-refractivity contribution in [3.05, 3.63) is 64.6 Å². The van der Waals surface area contributed by atoms with E-state index in [2.05, 4.69) is 0 Å². The monoisotopic (exact) mass is 356 g/mol. The number of carboxylic acid groups (broad SMARTS) is 1. The summed E-state index contributed by atoms with van der Waals surface area (Å²) in [7, 11) is 0. The van der Waals surface area contributed by atoms with Gasteiger partial charge in [-0.25, -0.2) is 4.79 Å². The number of carboxylic acids is 1. The Kier molecular flexibility index (Phi) is 4.37. The van der Waals surface area contributed by atoms with Crippen LogP contribution in [0.5, 0.6) is 5.75 Å². The number of rotatable bonds is 3. The van der Waals surface area contributed by atoms with Gasteiger partial charge in [-0.15, -0.1) is 5.75 Å². The number of carbonyl (C=O) groups is 2. The highest BCUT2D eigenvalue weighted by atomic mass is 32.2. The first-order valence-electron chi connectivity index (χ1n) is 6.84. The molecule has 0 atom stereocenters. The van der Waals surface area contributed by atoms with E-state index in [0.29, 0.717) is 14.9 Å². The molecule has 2 aromatic rings. The smallest absolute Gasteiger partial charge is 0.335 e. The predicted molar refractivity (Wildman–Crippen MR) is 94.9 cm³/mol. The van der Waals surface area contributed by atoms with E-state index >= 15 is 0 Å². The molecule has 0 unspecified atom stereocenters. The van der Waals surface area contributed by atoms with E-state index in [9.17, 15) is 14.7 Å². The van der Waals surface area contributed by atoms with Crippen molar-refractivity contribution in [2.24, 2.45) is 0 Å². The molecule has 1 amide bonds. The maximum absolute atomic E-state index is 12.6. The van der Waals surface area contributed by atoms with Crippen molar-refractivity contribution in [2.45, 2.75) is 0 Å². The zero-order valence-corrected chi connectivity index (χ0v) is 13.8. The molecule has 3 rings (SSSR count). The van der Waals surface area contributed by atoms with E-state index in [1.54, 1.807) is 30.3 Å². The van der Waals surface area contributed by atoms with Crippen LogP contribution in [0.25, 0.3) is 6.08 Å². The number of carbonyl (C=O) groups excluding carboxylic acids is 1. The fourth-order valence-electron chi connectivity index (χ4n) is 2.18. The van der Waals surface area contributed by atoms with Gasteiger partial charge in [0.1, 0.15) is 0 Å². The minimum atomic E-state index is -1.07. The van der Waals surface area contributed by atoms with E-state index in [4.69, 9.17) is 17.3 Å². The number of nitrogens with zero attached hydrogens (tertiary/aromatic N) is 1. The summed E-state index contributed by atoms with van der Waals surface area (Å²) < 4.78 is 0.328. The summed E-state index contributed by atoms with van der Waals surface area (Å²) in [5.74, 6) is -1.50. The Morgan fingerprint density at radius 1 is 1.21 bits per heavy atom. The first-order chi connectivity index (χ1) is 11.5. The van der Waals surface area contributed by atoms with Crippen LogP contribution in [0.1, 0.15) is 15.9 Å². The van der Waals surface area contributed by atoms with Gasteiger partial charge < -0.3 is 10.2 Å². The van der Waals surface area contributed by atoms with E-state index in [1.165, 1.54) is 29.2 Å². The SMILES string of the molecule is O=C(O)c1cccc(N2C(=O)/C(=C\c3ccc([O-])cc3)SC2=S)c1. The average Bonchev–Trinajstić information content (AvgIpc) is 2.83. The molecule has 1 saturated heterocycles. The first-order valence-corrected chi connectivity index (χ1v) is 8.06. The van der Waals surface area contributed by atoms with Crippen molar-refractivity contribution in [3.63, 3.8) is 0 Å². The summed E-state index contributed by atoms with van der Waals surface area (Å²) in [6, 6.07) is 12.1. The number of hydrogen-bond donors (Lipinski definition) is 1. The second-order valence-corrected chi connectivity index (χ2v) is 6.62. The molecular weight excluding hydrogens is 346 g/mol. The Labute approximate surface area is 147 Å². The van der Waals surface area contributed by atoms with Gasteiger partial charge in [0.25, 0.3) is 5.91 Å². The van der Waals surface area contributed by atoms with Crippen LogP contribution in [-0.4, -0.2) is 21.3 Å². The molecule has 24 heavy (non-hydrogen) atoms. The molecule has 5 nitrogen and oxygen atoms in total. The van der Waals surface area contributed by atoms with Crippen molar-refractivity contribution in [3.8, 4) is 5.75 Å². The molecule has 1 fully saturated rings. The Balaban J connectivity index is 1.93. The molecule has 1 aliphatic rings. The normalized spacial score (nSPS) is 16.0. The summed E-state index contributed by atoms with van der Waals surface area (Å²) in [4.78, 5) is 25.4. The van der Waals surface area contributed by atoms with Crippen LogP contribution in [0.3, 0.4) is 0 Å². The summed E-state index contributed by atoms with van der Waals surface area (Å²) >= 11 is 6.39. The molecule has 2 aromatic carbocycles. The molecule has 0 spiro atoms. The van der Waals surface area contributed by atoms with Crippen LogP contribution in [0.15, 0.2) is 53.4 Å². The van der Waals surface area contributed by atoms with E-state index in [0.717, 1.165) is 17.3 Å². The molecule has 0 radical (unpaired) electrons. The van der Waals surface area contributed by atoms with Crippen molar-refractivity contribution in [1.29, 1.82) is 0 Å². The van der Waals surface area contributed by atoms with Gasteiger partial charge >= 0.3 is 5.97 Å². The molecule has 0 aliphatic carbocycles. The molecule has 0 bridgehead atoms. The van der Waals surface area contributed by atoms with Gasteiger partial charge in [-0.2, -0.15) is 0 Å². The van der Waals surface area contributed by atoms with Gasteiger partial charge in [-0.1, -0.05) is 54.3 Å². The molecular formula is C17H10NO4S2-. The molecule has 1 aliphatic heterocycles. The van der Waals surface area contributed by atoms with Gasteiger partial charge in [-0.3, -0.25) is 9.69 Å². The fraction of sp³-hybridized carbons (Fsp3) is 0. The topological polar surface area (TPSA) is 80.7 Å². The van der Waals surface area contributed by atoms with Gasteiger partial charge in [0.05, 0.1) is 16.2 Å². The van der Waals surface area contributed by atoms with Gasteiger partial charge in [0.2, 0.25) is 0 Å². The van der Waals surface area contributed by atoms with Crippen LogP contribution >= 0.6 is 24.0 Å². The van der Waals surface area contributed by atoms with Gasteiger partial charge in [0.15, 0.2) is 4.32 Å². The van der Waals surface area contributed by atoms with Crippen molar-refractivity contribution < 1.29 is 19.8 Å². The van der Waals surface area contributed by atoms with Crippen LogP contribution in [0.4, 0.5) is 5.69 Å². The minimum absolute atomic E-state index is 0.0802.